The molecule has 0 saturated heterocycles. The van der Waals surface area contributed by atoms with E-state index in [0.29, 0.717) is 23.4 Å². The Morgan fingerprint density at radius 2 is 1.77 bits per heavy atom. The number of aryl methyl sites for hydroxylation is 2. The second kappa shape index (κ2) is 9.92. The van der Waals surface area contributed by atoms with Crippen LogP contribution in [0.3, 0.4) is 0 Å². The monoisotopic (exact) mass is 441 g/mol. The molecule has 0 bridgehead atoms. The standard InChI is InChI=1S/C24H27NO5S/c1-4-7-15-10-12-16(13-11-15)19-14(2)31-22(20(19)24(29)30-3)25-21(26)17-8-5-6-9-18(17)23(27)28/h5-6,10-13,17-18H,4,7-9H2,1-3H3,(H,25,26)(H,27,28)/t17-,18-/m1/s1. The SMILES string of the molecule is CCCc1ccc(-c2c(C)sc(NC(=O)[C@@H]3CC=CC[C@H]3C(=O)O)c2C(=O)OC)cc1. The summed E-state index contributed by atoms with van der Waals surface area (Å²) in [4.78, 5) is 38.1. The number of hydrogen-bond acceptors (Lipinski definition) is 5. The Morgan fingerprint density at radius 3 is 2.35 bits per heavy atom. The van der Waals surface area contributed by atoms with Gasteiger partial charge in [0.05, 0.1) is 18.9 Å². The molecular formula is C24H27NO5S. The van der Waals surface area contributed by atoms with Crippen LogP contribution in [0.15, 0.2) is 36.4 Å². The first-order chi connectivity index (χ1) is 14.9. The molecule has 7 heteroatoms. The molecule has 1 aliphatic rings. The molecule has 0 spiro atoms. The van der Waals surface area contributed by atoms with E-state index in [2.05, 4.69) is 12.2 Å². The number of rotatable bonds is 7. The summed E-state index contributed by atoms with van der Waals surface area (Å²) in [5.41, 5.74) is 3.13. The smallest absolute Gasteiger partial charge is 0.341 e. The van der Waals surface area contributed by atoms with Gasteiger partial charge in [0.1, 0.15) is 10.6 Å². The first kappa shape index (κ1) is 22.7. The number of thiophene rings is 1. The van der Waals surface area contributed by atoms with Gasteiger partial charge in [0.25, 0.3) is 0 Å². The molecule has 2 N–H and O–H groups in total. The lowest BCUT2D eigenvalue weighted by molar-refractivity contribution is -0.146. The van der Waals surface area contributed by atoms with E-state index in [4.69, 9.17) is 4.74 Å². The van der Waals surface area contributed by atoms with Crippen molar-refractivity contribution in [3.8, 4) is 11.1 Å². The summed E-state index contributed by atoms with van der Waals surface area (Å²) in [7, 11) is 1.31. The molecular weight excluding hydrogens is 414 g/mol. The highest BCUT2D eigenvalue weighted by Gasteiger charge is 2.35. The van der Waals surface area contributed by atoms with Gasteiger partial charge in [-0.1, -0.05) is 49.8 Å². The quantitative estimate of drug-likeness (QED) is 0.462. The van der Waals surface area contributed by atoms with Crippen molar-refractivity contribution in [3.63, 3.8) is 0 Å². The van der Waals surface area contributed by atoms with Crippen molar-refractivity contribution >= 4 is 34.2 Å². The molecule has 164 valence electrons. The van der Waals surface area contributed by atoms with Crippen molar-refractivity contribution in [1.29, 1.82) is 0 Å². The number of esters is 1. The van der Waals surface area contributed by atoms with E-state index in [-0.39, 0.29) is 0 Å². The number of carbonyl (C=O) groups is 3. The van der Waals surface area contributed by atoms with Crippen molar-refractivity contribution in [3.05, 3.63) is 52.4 Å². The minimum atomic E-state index is -0.993. The molecule has 1 aromatic carbocycles. The zero-order valence-corrected chi connectivity index (χ0v) is 18.8. The lowest BCUT2D eigenvalue weighted by Gasteiger charge is -2.24. The van der Waals surface area contributed by atoms with E-state index in [1.165, 1.54) is 24.0 Å². The summed E-state index contributed by atoms with van der Waals surface area (Å²) in [6, 6.07) is 8.04. The maximum absolute atomic E-state index is 13.0. The molecule has 6 nitrogen and oxygen atoms in total. The summed E-state index contributed by atoms with van der Waals surface area (Å²) in [5, 5.41) is 12.7. The predicted molar refractivity (Wildman–Crippen MR) is 121 cm³/mol. The Labute approximate surface area is 185 Å². The number of carbonyl (C=O) groups excluding carboxylic acids is 2. The molecule has 3 rings (SSSR count). The number of allylic oxidation sites excluding steroid dienone is 2. The Morgan fingerprint density at radius 1 is 1.13 bits per heavy atom. The lowest BCUT2D eigenvalue weighted by Crippen LogP contribution is -2.34. The van der Waals surface area contributed by atoms with Gasteiger partial charge in [-0.25, -0.2) is 4.79 Å². The van der Waals surface area contributed by atoms with Crippen LogP contribution in [-0.4, -0.2) is 30.1 Å². The molecule has 1 aliphatic carbocycles. The third-order valence-corrected chi connectivity index (χ3v) is 6.60. The maximum Gasteiger partial charge on any atom is 0.341 e. The van der Waals surface area contributed by atoms with E-state index < -0.39 is 29.7 Å². The van der Waals surface area contributed by atoms with Gasteiger partial charge in [-0.05, 0) is 37.3 Å². The van der Waals surface area contributed by atoms with Crippen LogP contribution in [0.4, 0.5) is 5.00 Å². The molecule has 0 fully saturated rings. The highest BCUT2D eigenvalue weighted by molar-refractivity contribution is 7.17. The summed E-state index contributed by atoms with van der Waals surface area (Å²) < 4.78 is 5.01. The van der Waals surface area contributed by atoms with E-state index in [1.54, 1.807) is 6.08 Å². The van der Waals surface area contributed by atoms with Gasteiger partial charge >= 0.3 is 11.9 Å². The first-order valence-electron chi connectivity index (χ1n) is 10.4. The van der Waals surface area contributed by atoms with Gasteiger partial charge in [0.15, 0.2) is 0 Å². The van der Waals surface area contributed by atoms with Crippen molar-refractivity contribution < 1.29 is 24.2 Å². The summed E-state index contributed by atoms with van der Waals surface area (Å²) >= 11 is 1.30. The predicted octanol–water partition coefficient (Wildman–Crippen LogP) is 5.07. The molecule has 0 aliphatic heterocycles. The van der Waals surface area contributed by atoms with Crippen LogP contribution in [-0.2, 0) is 20.7 Å². The number of nitrogens with one attached hydrogen (secondary N) is 1. The normalized spacial score (nSPS) is 17.9. The fourth-order valence-corrected chi connectivity index (χ4v) is 5.05. The lowest BCUT2D eigenvalue weighted by atomic mass is 9.82. The van der Waals surface area contributed by atoms with Crippen LogP contribution in [0.5, 0.6) is 0 Å². The van der Waals surface area contributed by atoms with Crippen LogP contribution >= 0.6 is 11.3 Å². The van der Waals surface area contributed by atoms with Crippen molar-refractivity contribution in [1.82, 2.24) is 0 Å². The van der Waals surface area contributed by atoms with Crippen LogP contribution in [0, 0.1) is 18.8 Å². The van der Waals surface area contributed by atoms with Crippen molar-refractivity contribution in [2.24, 2.45) is 11.8 Å². The second-order valence-electron chi connectivity index (χ2n) is 7.66. The molecule has 1 amide bonds. The third-order valence-electron chi connectivity index (χ3n) is 5.58. The molecule has 0 radical (unpaired) electrons. The van der Waals surface area contributed by atoms with Gasteiger partial charge in [-0.15, -0.1) is 11.3 Å². The highest BCUT2D eigenvalue weighted by atomic mass is 32.1. The Bertz CT molecular complexity index is 1010. The molecule has 31 heavy (non-hydrogen) atoms. The minimum absolute atomic E-state index is 0.305. The number of ether oxygens (including phenoxy) is 1. The second-order valence-corrected chi connectivity index (χ2v) is 8.88. The van der Waals surface area contributed by atoms with Crippen LogP contribution < -0.4 is 5.32 Å². The fraction of sp³-hybridized carbons (Fsp3) is 0.375. The number of carboxylic acids is 1. The molecule has 2 aromatic rings. The molecule has 0 unspecified atom stereocenters. The molecule has 1 aromatic heterocycles. The van der Waals surface area contributed by atoms with Gasteiger partial charge in [0, 0.05) is 10.4 Å². The van der Waals surface area contributed by atoms with Gasteiger partial charge in [-0.3, -0.25) is 9.59 Å². The first-order valence-corrected chi connectivity index (χ1v) is 11.2. The number of carboxylic acid groups (broad SMARTS) is 1. The highest BCUT2D eigenvalue weighted by Crippen LogP contribution is 2.41. The van der Waals surface area contributed by atoms with E-state index >= 15 is 0 Å². The Hall–Kier alpha value is -2.93. The number of amides is 1. The topological polar surface area (TPSA) is 92.7 Å². The number of anilines is 1. The average Bonchev–Trinajstić information content (AvgIpc) is 3.09. The average molecular weight is 442 g/mol. The minimum Gasteiger partial charge on any atom is -0.481 e. The summed E-state index contributed by atoms with van der Waals surface area (Å²) in [6.45, 7) is 4.02. The van der Waals surface area contributed by atoms with E-state index in [0.717, 1.165) is 28.8 Å². The van der Waals surface area contributed by atoms with Crippen molar-refractivity contribution in [2.75, 3.05) is 12.4 Å². The van der Waals surface area contributed by atoms with Crippen molar-refractivity contribution in [2.45, 2.75) is 39.5 Å². The van der Waals surface area contributed by atoms with Crippen LogP contribution in [0.2, 0.25) is 0 Å². The largest absolute Gasteiger partial charge is 0.481 e. The van der Waals surface area contributed by atoms with Gasteiger partial charge < -0.3 is 15.2 Å². The fourth-order valence-electron chi connectivity index (χ4n) is 3.99. The third kappa shape index (κ3) is 4.88. The number of methoxy groups -OCH3 is 1. The van der Waals surface area contributed by atoms with Crippen LogP contribution in [0.25, 0.3) is 11.1 Å². The Kier molecular flexibility index (Phi) is 7.28. The van der Waals surface area contributed by atoms with Gasteiger partial charge in [0.2, 0.25) is 5.91 Å². The number of aliphatic carboxylic acids is 1. The van der Waals surface area contributed by atoms with E-state index in [1.807, 2.05) is 37.3 Å². The number of hydrogen-bond donors (Lipinski definition) is 2. The van der Waals surface area contributed by atoms with E-state index in [9.17, 15) is 19.5 Å². The molecule has 1 heterocycles. The zero-order valence-electron chi connectivity index (χ0n) is 17.9. The Balaban J connectivity index is 1.96. The summed E-state index contributed by atoms with van der Waals surface area (Å²) in [5.74, 6) is -3.39. The van der Waals surface area contributed by atoms with Gasteiger partial charge in [-0.2, -0.15) is 0 Å². The maximum atomic E-state index is 13.0. The van der Waals surface area contributed by atoms with Crippen LogP contribution in [0.1, 0.15) is 47.0 Å². The molecule has 0 saturated carbocycles. The number of benzene rings is 1. The zero-order chi connectivity index (χ0) is 22.5. The molecule has 2 atom stereocenters. The summed E-state index contributed by atoms with van der Waals surface area (Å²) in [6.07, 6.45) is 6.32.